The molecule has 2 atom stereocenters. The molecule has 5 heteroatoms. The molecule has 1 aromatic heterocycles. The number of β-amino-alcohol motifs (C(OH)–C–C–N with tert-alkyl or cyclic N) is 1. The molecule has 2 aromatic rings. The highest BCUT2D eigenvalue weighted by atomic mass is 32.1. The summed E-state index contributed by atoms with van der Waals surface area (Å²) in [7, 11) is 0. The molecule has 1 aromatic carbocycles. The third-order valence-electron chi connectivity index (χ3n) is 5.37. The Balaban J connectivity index is 1.49. The van der Waals surface area contributed by atoms with Gasteiger partial charge in [0.15, 0.2) is 0 Å². The molecule has 1 amide bonds. The van der Waals surface area contributed by atoms with E-state index in [9.17, 15) is 9.90 Å². The summed E-state index contributed by atoms with van der Waals surface area (Å²) in [6, 6.07) is 9.97. The van der Waals surface area contributed by atoms with Crippen LogP contribution in [0.25, 0.3) is 11.1 Å². The van der Waals surface area contributed by atoms with Crippen molar-refractivity contribution >= 4 is 17.2 Å². The van der Waals surface area contributed by atoms with E-state index < -0.39 is 6.10 Å². The lowest BCUT2D eigenvalue weighted by atomic mass is 10.1. The molecule has 4 nitrogen and oxygen atoms in total. The van der Waals surface area contributed by atoms with Crippen molar-refractivity contribution in [3.05, 3.63) is 46.7 Å². The van der Waals surface area contributed by atoms with Gasteiger partial charge >= 0.3 is 0 Å². The Morgan fingerprint density at radius 2 is 1.92 bits per heavy atom. The normalized spacial score (nSPS) is 24.6. The molecular formula is C20H24N2O2S. The van der Waals surface area contributed by atoms with Gasteiger partial charge < -0.3 is 10.0 Å². The molecule has 132 valence electrons. The highest BCUT2D eigenvalue weighted by molar-refractivity contribution is 7.08. The van der Waals surface area contributed by atoms with Gasteiger partial charge in [-0.3, -0.25) is 9.69 Å². The van der Waals surface area contributed by atoms with Crippen molar-refractivity contribution in [2.24, 2.45) is 0 Å². The van der Waals surface area contributed by atoms with Crippen LogP contribution in [0.2, 0.25) is 0 Å². The fraction of sp³-hybridized carbons (Fsp3) is 0.450. The third-order valence-corrected chi connectivity index (χ3v) is 6.05. The predicted molar refractivity (Wildman–Crippen MR) is 101 cm³/mol. The van der Waals surface area contributed by atoms with Crippen molar-refractivity contribution in [1.82, 2.24) is 9.80 Å². The van der Waals surface area contributed by atoms with E-state index in [1.807, 2.05) is 34.5 Å². The number of hydrogen-bond acceptors (Lipinski definition) is 4. The van der Waals surface area contributed by atoms with Crippen molar-refractivity contribution in [2.45, 2.75) is 31.4 Å². The Bertz CT molecular complexity index is 725. The minimum atomic E-state index is -0.442. The van der Waals surface area contributed by atoms with Crippen LogP contribution in [0.5, 0.6) is 0 Å². The summed E-state index contributed by atoms with van der Waals surface area (Å²) < 4.78 is 0. The van der Waals surface area contributed by atoms with E-state index in [1.165, 1.54) is 19.3 Å². The van der Waals surface area contributed by atoms with E-state index in [0.717, 1.165) is 24.2 Å². The number of nitrogens with zero attached hydrogens (tertiary/aromatic N) is 2. The van der Waals surface area contributed by atoms with Crippen LogP contribution < -0.4 is 0 Å². The highest BCUT2D eigenvalue weighted by Crippen LogP contribution is 2.25. The molecule has 0 bridgehead atoms. The van der Waals surface area contributed by atoms with Crippen LogP contribution in [0.3, 0.4) is 0 Å². The fourth-order valence-electron chi connectivity index (χ4n) is 3.99. The summed E-state index contributed by atoms with van der Waals surface area (Å²) in [4.78, 5) is 17.1. The third kappa shape index (κ3) is 3.50. The van der Waals surface area contributed by atoms with Crippen molar-refractivity contribution in [3.8, 4) is 11.1 Å². The topological polar surface area (TPSA) is 43.8 Å². The maximum Gasteiger partial charge on any atom is 0.254 e. The largest absolute Gasteiger partial charge is 0.390 e. The molecule has 2 fully saturated rings. The number of thiophene rings is 1. The molecule has 2 aliphatic rings. The van der Waals surface area contributed by atoms with Gasteiger partial charge in [0, 0.05) is 18.7 Å². The Hall–Kier alpha value is -1.69. The smallest absolute Gasteiger partial charge is 0.254 e. The number of rotatable bonds is 3. The molecule has 25 heavy (non-hydrogen) atoms. The lowest BCUT2D eigenvalue weighted by Gasteiger charge is -2.33. The van der Waals surface area contributed by atoms with Crippen LogP contribution in [0, 0.1) is 0 Å². The molecule has 1 N–H and O–H groups in total. The number of piperidine rings is 1. The maximum absolute atomic E-state index is 12.9. The van der Waals surface area contributed by atoms with Gasteiger partial charge in [0.05, 0.1) is 12.1 Å². The highest BCUT2D eigenvalue weighted by Gasteiger charge is 2.38. The summed E-state index contributed by atoms with van der Waals surface area (Å²) in [6.45, 7) is 3.14. The summed E-state index contributed by atoms with van der Waals surface area (Å²) >= 11 is 1.66. The van der Waals surface area contributed by atoms with Gasteiger partial charge in [-0.2, -0.15) is 11.3 Å². The first kappa shape index (κ1) is 16.8. The van der Waals surface area contributed by atoms with Crippen LogP contribution in [0.1, 0.15) is 29.6 Å². The molecule has 0 spiro atoms. The lowest BCUT2D eigenvalue weighted by Crippen LogP contribution is -2.46. The molecule has 3 heterocycles. The van der Waals surface area contributed by atoms with E-state index in [0.29, 0.717) is 18.7 Å². The summed E-state index contributed by atoms with van der Waals surface area (Å²) in [5, 5.41) is 14.6. The number of amides is 1. The molecule has 4 rings (SSSR count). The van der Waals surface area contributed by atoms with Crippen LogP contribution in [0.15, 0.2) is 41.1 Å². The van der Waals surface area contributed by atoms with Crippen molar-refractivity contribution in [3.63, 3.8) is 0 Å². The lowest BCUT2D eigenvalue weighted by molar-refractivity contribution is 0.0702. The van der Waals surface area contributed by atoms with Crippen LogP contribution in [-0.4, -0.2) is 59.1 Å². The van der Waals surface area contributed by atoms with Gasteiger partial charge in [0.25, 0.3) is 5.91 Å². The van der Waals surface area contributed by atoms with E-state index in [4.69, 9.17) is 0 Å². The van der Waals surface area contributed by atoms with Gasteiger partial charge in [-0.05, 0) is 66.0 Å². The Morgan fingerprint density at radius 1 is 1.08 bits per heavy atom. The van der Waals surface area contributed by atoms with Crippen molar-refractivity contribution in [1.29, 1.82) is 0 Å². The number of benzene rings is 1. The molecule has 0 radical (unpaired) electrons. The quantitative estimate of drug-likeness (QED) is 0.919. The van der Waals surface area contributed by atoms with Gasteiger partial charge in [-0.15, -0.1) is 0 Å². The average Bonchev–Trinajstić information content (AvgIpc) is 3.32. The number of aliphatic hydroxyl groups is 1. The summed E-state index contributed by atoms with van der Waals surface area (Å²) in [6.07, 6.45) is 3.22. The molecule has 0 unspecified atom stereocenters. The Morgan fingerprint density at radius 3 is 2.68 bits per heavy atom. The van der Waals surface area contributed by atoms with E-state index in [1.54, 1.807) is 11.3 Å². The molecule has 0 aliphatic carbocycles. The second-order valence-electron chi connectivity index (χ2n) is 7.03. The zero-order chi connectivity index (χ0) is 17.2. The number of likely N-dealkylation sites (tertiary alicyclic amines) is 2. The predicted octanol–water partition coefficient (Wildman–Crippen LogP) is 3.09. The number of aliphatic hydroxyl groups excluding tert-OH is 1. The second kappa shape index (κ2) is 7.28. The van der Waals surface area contributed by atoms with Crippen LogP contribution in [0.4, 0.5) is 0 Å². The van der Waals surface area contributed by atoms with E-state index >= 15 is 0 Å². The molecule has 0 saturated carbocycles. The maximum atomic E-state index is 12.9. The first-order chi connectivity index (χ1) is 12.2. The molecule has 2 aliphatic heterocycles. The number of hydrogen-bond donors (Lipinski definition) is 1. The average molecular weight is 356 g/mol. The van der Waals surface area contributed by atoms with Crippen molar-refractivity contribution < 1.29 is 9.90 Å². The number of carbonyl (C=O) groups is 1. The minimum Gasteiger partial charge on any atom is -0.390 e. The summed E-state index contributed by atoms with van der Waals surface area (Å²) in [5.41, 5.74) is 2.92. The first-order valence-electron chi connectivity index (χ1n) is 9.06. The zero-order valence-corrected chi connectivity index (χ0v) is 15.1. The van der Waals surface area contributed by atoms with Gasteiger partial charge in [0.1, 0.15) is 0 Å². The van der Waals surface area contributed by atoms with Gasteiger partial charge in [0.2, 0.25) is 0 Å². The SMILES string of the molecule is O=C(c1cccc(-c2ccsc2)c1)N1C[C@H](O)[C@@H](N2CCCCC2)C1. The molecule has 2 saturated heterocycles. The zero-order valence-electron chi connectivity index (χ0n) is 14.3. The second-order valence-corrected chi connectivity index (χ2v) is 7.81. The summed E-state index contributed by atoms with van der Waals surface area (Å²) in [5.74, 6) is 0.0237. The van der Waals surface area contributed by atoms with Gasteiger partial charge in [-0.25, -0.2) is 0 Å². The van der Waals surface area contributed by atoms with Crippen LogP contribution in [-0.2, 0) is 0 Å². The van der Waals surface area contributed by atoms with Crippen molar-refractivity contribution in [2.75, 3.05) is 26.2 Å². The fourth-order valence-corrected chi connectivity index (χ4v) is 4.65. The van der Waals surface area contributed by atoms with E-state index in [-0.39, 0.29) is 11.9 Å². The Labute approximate surface area is 152 Å². The molecular weight excluding hydrogens is 332 g/mol. The number of carbonyl (C=O) groups excluding carboxylic acids is 1. The first-order valence-corrected chi connectivity index (χ1v) is 10.0. The minimum absolute atomic E-state index is 0.0237. The monoisotopic (exact) mass is 356 g/mol. The Kier molecular flexibility index (Phi) is 4.88. The van der Waals surface area contributed by atoms with Gasteiger partial charge in [-0.1, -0.05) is 18.6 Å². The standard InChI is InChI=1S/C20H24N2O2S/c23-19-13-22(12-18(19)21-8-2-1-3-9-21)20(24)16-6-4-5-15(11-16)17-7-10-25-14-17/h4-7,10-11,14,18-19,23H,1-3,8-9,12-13H2/t18-,19-/m0/s1. The van der Waals surface area contributed by atoms with Crippen LogP contribution >= 0.6 is 11.3 Å². The van der Waals surface area contributed by atoms with E-state index in [2.05, 4.69) is 16.3 Å².